The summed E-state index contributed by atoms with van der Waals surface area (Å²) in [4.78, 5) is 20.9. The van der Waals surface area contributed by atoms with Crippen molar-refractivity contribution in [2.24, 2.45) is 5.92 Å². The fourth-order valence-electron chi connectivity index (χ4n) is 1.57. The minimum absolute atomic E-state index is 0.259. The van der Waals surface area contributed by atoms with E-state index in [1.165, 1.54) is 6.07 Å². The first-order chi connectivity index (χ1) is 9.91. The molecule has 0 bridgehead atoms. The van der Waals surface area contributed by atoms with E-state index in [2.05, 4.69) is 13.8 Å². The quantitative estimate of drug-likeness (QED) is 0.427. The number of carboxylic acids is 1. The van der Waals surface area contributed by atoms with E-state index < -0.39 is 22.1 Å². The van der Waals surface area contributed by atoms with E-state index >= 15 is 0 Å². The molecule has 7 heteroatoms. The minimum atomic E-state index is -1.36. The number of hydrogen-bond donors (Lipinski definition) is 1. The molecule has 0 aliphatic rings. The Balaban J connectivity index is 2.51. The van der Waals surface area contributed by atoms with Crippen LogP contribution in [0.25, 0.3) is 0 Å². The molecule has 0 radical (unpaired) electrons. The Morgan fingerprint density at radius 2 is 2.05 bits per heavy atom. The van der Waals surface area contributed by atoms with Crippen LogP contribution in [0, 0.1) is 16.0 Å². The van der Waals surface area contributed by atoms with E-state index in [1.54, 1.807) is 0 Å². The van der Waals surface area contributed by atoms with Gasteiger partial charge in [0.15, 0.2) is 0 Å². The maximum absolute atomic E-state index is 11.0. The first-order valence-electron chi connectivity index (χ1n) is 6.64. The fraction of sp³-hybridized carbons (Fsp3) is 0.500. The van der Waals surface area contributed by atoms with Crippen LogP contribution in [-0.4, -0.2) is 35.8 Å². The lowest BCUT2D eigenvalue weighted by Gasteiger charge is -2.09. The molecule has 0 fully saturated rings. The summed E-state index contributed by atoms with van der Waals surface area (Å²) in [5.41, 5.74) is -0.846. The second-order valence-electron chi connectivity index (χ2n) is 4.88. The lowest BCUT2D eigenvalue weighted by Crippen LogP contribution is -2.09. The van der Waals surface area contributed by atoms with Gasteiger partial charge in [-0.2, -0.15) is 0 Å². The van der Waals surface area contributed by atoms with Crippen LogP contribution in [0.5, 0.6) is 5.75 Å². The number of hydrogen-bond acceptors (Lipinski definition) is 5. The van der Waals surface area contributed by atoms with E-state index in [4.69, 9.17) is 14.6 Å². The molecule has 0 amide bonds. The number of aromatic carboxylic acids is 1. The van der Waals surface area contributed by atoms with Crippen molar-refractivity contribution in [3.8, 4) is 5.75 Å². The normalized spacial score (nSPS) is 10.6. The molecule has 0 unspecified atom stereocenters. The fourth-order valence-corrected chi connectivity index (χ4v) is 1.57. The Hall–Kier alpha value is -2.15. The molecule has 0 saturated carbocycles. The third-order valence-corrected chi connectivity index (χ3v) is 2.73. The molecule has 0 spiro atoms. The molecule has 116 valence electrons. The van der Waals surface area contributed by atoms with Gasteiger partial charge in [0.05, 0.1) is 11.5 Å². The zero-order valence-electron chi connectivity index (χ0n) is 12.1. The number of carboxylic acid groups (broad SMARTS) is 1. The molecule has 1 N–H and O–H groups in total. The summed E-state index contributed by atoms with van der Waals surface area (Å²) >= 11 is 0. The van der Waals surface area contributed by atoms with Crippen LogP contribution in [0.15, 0.2) is 18.2 Å². The lowest BCUT2D eigenvalue weighted by molar-refractivity contribution is -0.385. The average molecular weight is 297 g/mol. The SMILES string of the molecule is CC(C)CCOCCOc1ccc([N+](=O)[O-])c(C(=O)O)c1. The van der Waals surface area contributed by atoms with Crippen molar-refractivity contribution in [1.29, 1.82) is 0 Å². The molecule has 0 atom stereocenters. The number of carbonyl (C=O) groups is 1. The van der Waals surface area contributed by atoms with Gasteiger partial charge in [-0.25, -0.2) is 4.79 Å². The summed E-state index contributed by atoms with van der Waals surface area (Å²) in [7, 11) is 0. The van der Waals surface area contributed by atoms with Gasteiger partial charge in [0.2, 0.25) is 0 Å². The van der Waals surface area contributed by atoms with Gasteiger partial charge in [-0.15, -0.1) is 0 Å². The third kappa shape index (κ3) is 5.78. The Morgan fingerprint density at radius 1 is 1.33 bits per heavy atom. The summed E-state index contributed by atoms with van der Waals surface area (Å²) < 4.78 is 10.7. The van der Waals surface area contributed by atoms with Crippen molar-refractivity contribution >= 4 is 11.7 Å². The molecule has 0 saturated heterocycles. The Bertz CT molecular complexity index is 500. The van der Waals surface area contributed by atoms with Crippen LogP contribution in [0.3, 0.4) is 0 Å². The molecule has 1 aromatic carbocycles. The standard InChI is InChI=1S/C14H19NO6/c1-10(2)5-6-20-7-8-21-11-3-4-13(15(18)19)12(9-11)14(16)17/h3-4,9-10H,5-8H2,1-2H3,(H,16,17). The number of nitro benzene ring substituents is 1. The van der Waals surface area contributed by atoms with Gasteiger partial charge in [-0.05, 0) is 18.4 Å². The first kappa shape index (κ1) is 16.9. The second kappa shape index (κ2) is 8.21. The van der Waals surface area contributed by atoms with E-state index in [0.29, 0.717) is 19.1 Å². The molecular weight excluding hydrogens is 278 g/mol. The molecule has 7 nitrogen and oxygen atoms in total. The number of benzene rings is 1. The molecule has 1 rings (SSSR count). The minimum Gasteiger partial charge on any atom is -0.491 e. The largest absolute Gasteiger partial charge is 0.491 e. The third-order valence-electron chi connectivity index (χ3n) is 2.73. The van der Waals surface area contributed by atoms with Crippen LogP contribution in [-0.2, 0) is 4.74 Å². The van der Waals surface area contributed by atoms with Crippen molar-refractivity contribution in [3.63, 3.8) is 0 Å². The Labute approximate surface area is 122 Å². The predicted molar refractivity (Wildman–Crippen MR) is 75.8 cm³/mol. The smallest absolute Gasteiger partial charge is 0.342 e. The van der Waals surface area contributed by atoms with E-state index in [9.17, 15) is 14.9 Å². The topological polar surface area (TPSA) is 98.9 Å². The summed E-state index contributed by atoms with van der Waals surface area (Å²) in [6.45, 7) is 5.48. The maximum atomic E-state index is 11.0. The molecule has 21 heavy (non-hydrogen) atoms. The van der Waals surface area contributed by atoms with Crippen LogP contribution in [0.1, 0.15) is 30.6 Å². The number of nitro groups is 1. The average Bonchev–Trinajstić information content (AvgIpc) is 2.41. The predicted octanol–water partition coefficient (Wildman–Crippen LogP) is 2.73. The zero-order valence-corrected chi connectivity index (χ0v) is 12.1. The zero-order chi connectivity index (χ0) is 15.8. The van der Waals surface area contributed by atoms with Gasteiger partial charge >= 0.3 is 5.97 Å². The van der Waals surface area contributed by atoms with Crippen LogP contribution in [0.4, 0.5) is 5.69 Å². The van der Waals surface area contributed by atoms with Crippen molar-refractivity contribution in [3.05, 3.63) is 33.9 Å². The Morgan fingerprint density at radius 3 is 2.62 bits per heavy atom. The monoisotopic (exact) mass is 297 g/mol. The van der Waals surface area contributed by atoms with Gasteiger partial charge < -0.3 is 14.6 Å². The summed E-state index contributed by atoms with van der Waals surface area (Å²) in [6, 6.07) is 3.64. The highest BCUT2D eigenvalue weighted by Gasteiger charge is 2.20. The lowest BCUT2D eigenvalue weighted by atomic mass is 10.1. The summed E-state index contributed by atoms with van der Waals surface area (Å²) in [6.07, 6.45) is 0.959. The summed E-state index contributed by atoms with van der Waals surface area (Å²) in [5, 5.41) is 19.7. The molecule has 0 heterocycles. The van der Waals surface area contributed by atoms with Crippen molar-refractivity contribution < 1.29 is 24.3 Å². The van der Waals surface area contributed by atoms with E-state index in [-0.39, 0.29) is 12.4 Å². The van der Waals surface area contributed by atoms with Crippen LogP contribution < -0.4 is 4.74 Å². The Kier molecular flexibility index (Phi) is 6.61. The number of rotatable bonds is 9. The van der Waals surface area contributed by atoms with Crippen LogP contribution in [0.2, 0.25) is 0 Å². The van der Waals surface area contributed by atoms with Gasteiger partial charge in [0, 0.05) is 18.7 Å². The molecule has 0 aromatic heterocycles. The maximum Gasteiger partial charge on any atom is 0.342 e. The van der Waals surface area contributed by atoms with E-state index in [1.807, 2.05) is 0 Å². The van der Waals surface area contributed by atoms with Crippen molar-refractivity contribution in [2.75, 3.05) is 19.8 Å². The number of nitrogens with zero attached hydrogens (tertiary/aromatic N) is 1. The highest BCUT2D eigenvalue weighted by atomic mass is 16.6. The van der Waals surface area contributed by atoms with Gasteiger partial charge in [0.1, 0.15) is 17.9 Å². The van der Waals surface area contributed by atoms with Crippen molar-refractivity contribution in [2.45, 2.75) is 20.3 Å². The highest BCUT2D eigenvalue weighted by molar-refractivity contribution is 5.92. The molecule has 1 aromatic rings. The summed E-state index contributed by atoms with van der Waals surface area (Å²) in [5.74, 6) is -0.524. The van der Waals surface area contributed by atoms with Crippen molar-refractivity contribution in [1.82, 2.24) is 0 Å². The van der Waals surface area contributed by atoms with Gasteiger partial charge in [-0.3, -0.25) is 10.1 Å². The number of ether oxygens (including phenoxy) is 2. The molecule has 0 aliphatic carbocycles. The van der Waals surface area contributed by atoms with Crippen LogP contribution >= 0.6 is 0 Å². The molecular formula is C14H19NO6. The van der Waals surface area contributed by atoms with Gasteiger partial charge in [-0.1, -0.05) is 13.8 Å². The second-order valence-corrected chi connectivity index (χ2v) is 4.88. The first-order valence-corrected chi connectivity index (χ1v) is 6.64. The molecule has 0 aliphatic heterocycles. The van der Waals surface area contributed by atoms with E-state index in [0.717, 1.165) is 18.6 Å². The van der Waals surface area contributed by atoms with Gasteiger partial charge in [0.25, 0.3) is 5.69 Å². The highest BCUT2D eigenvalue weighted by Crippen LogP contribution is 2.24.